The zero-order chi connectivity index (χ0) is 24.9. The molecule has 10 heteroatoms. The zero-order valence-electron chi connectivity index (χ0n) is 18.5. The van der Waals surface area contributed by atoms with E-state index in [2.05, 4.69) is 10.6 Å². The maximum atomic E-state index is 13.5. The third-order valence-electron chi connectivity index (χ3n) is 4.97. The first-order chi connectivity index (χ1) is 16.1. The fraction of sp³-hybridized carbons (Fsp3) is 0.167. The van der Waals surface area contributed by atoms with Crippen molar-refractivity contribution in [2.45, 2.75) is 13.0 Å². The predicted octanol–water partition coefficient (Wildman–Crippen LogP) is 4.37. The number of anilines is 2. The van der Waals surface area contributed by atoms with E-state index < -0.39 is 34.2 Å². The Hall–Kier alpha value is -3.43. The van der Waals surface area contributed by atoms with E-state index in [1.807, 2.05) is 37.3 Å². The largest absolute Gasteiger partial charge is 0.345 e. The van der Waals surface area contributed by atoms with Gasteiger partial charge in [0, 0.05) is 0 Å². The summed E-state index contributed by atoms with van der Waals surface area (Å²) in [4.78, 5) is 25.6. The maximum Gasteiger partial charge on any atom is 0.253 e. The van der Waals surface area contributed by atoms with Gasteiger partial charge < -0.3 is 10.6 Å². The second-order valence-electron chi connectivity index (χ2n) is 7.57. The van der Waals surface area contributed by atoms with E-state index in [-0.39, 0.29) is 28.0 Å². The summed E-state index contributed by atoms with van der Waals surface area (Å²) < 4.78 is 38.9. The number of sulfonamides is 1. The van der Waals surface area contributed by atoms with Crippen LogP contribution in [0.15, 0.2) is 72.8 Å². The number of halogens is 2. The van der Waals surface area contributed by atoms with Crippen LogP contribution in [0.2, 0.25) is 5.02 Å². The average molecular weight is 504 g/mol. The van der Waals surface area contributed by atoms with Crippen molar-refractivity contribution in [1.29, 1.82) is 0 Å². The van der Waals surface area contributed by atoms with Gasteiger partial charge in [-0.15, -0.1) is 0 Å². The topological polar surface area (TPSA) is 95.6 Å². The SMILES string of the molecule is C[C@H](NC(=O)c1ccccc1NC(=O)CN(c1ccc(F)c(Cl)c1)S(C)(=O)=O)c1ccccc1. The number of hydrogen-bond donors (Lipinski definition) is 2. The van der Waals surface area contributed by atoms with Crippen LogP contribution in [0.25, 0.3) is 0 Å². The number of carbonyl (C=O) groups is 2. The summed E-state index contributed by atoms with van der Waals surface area (Å²) in [6.07, 6.45) is 0.921. The van der Waals surface area contributed by atoms with Crippen molar-refractivity contribution in [1.82, 2.24) is 5.32 Å². The highest BCUT2D eigenvalue weighted by Gasteiger charge is 2.23. The molecule has 2 amide bonds. The minimum absolute atomic E-state index is 0.0340. The van der Waals surface area contributed by atoms with Gasteiger partial charge in [-0.2, -0.15) is 0 Å². The van der Waals surface area contributed by atoms with Gasteiger partial charge in [0.05, 0.1) is 34.3 Å². The van der Waals surface area contributed by atoms with Crippen LogP contribution >= 0.6 is 11.6 Å². The summed E-state index contributed by atoms with van der Waals surface area (Å²) >= 11 is 5.77. The molecule has 0 unspecified atom stereocenters. The molecule has 0 aliphatic rings. The minimum Gasteiger partial charge on any atom is -0.345 e. The maximum absolute atomic E-state index is 13.5. The third-order valence-corrected chi connectivity index (χ3v) is 6.40. The number of rotatable bonds is 8. The second kappa shape index (κ2) is 10.7. The summed E-state index contributed by atoms with van der Waals surface area (Å²) in [6, 6.07) is 18.9. The fourth-order valence-electron chi connectivity index (χ4n) is 3.25. The van der Waals surface area contributed by atoms with Crippen LogP contribution in [0, 0.1) is 5.82 Å². The van der Waals surface area contributed by atoms with Crippen molar-refractivity contribution in [3.63, 3.8) is 0 Å². The van der Waals surface area contributed by atoms with Gasteiger partial charge in [-0.3, -0.25) is 13.9 Å². The average Bonchev–Trinajstić information content (AvgIpc) is 2.79. The smallest absolute Gasteiger partial charge is 0.253 e. The molecule has 0 heterocycles. The molecule has 1 atom stereocenters. The lowest BCUT2D eigenvalue weighted by Crippen LogP contribution is -2.38. The molecule has 0 spiro atoms. The molecular weight excluding hydrogens is 481 g/mol. The van der Waals surface area contributed by atoms with Gasteiger partial charge in [0.1, 0.15) is 12.4 Å². The molecule has 0 bridgehead atoms. The van der Waals surface area contributed by atoms with Crippen LogP contribution in [-0.4, -0.2) is 33.0 Å². The highest BCUT2D eigenvalue weighted by atomic mass is 35.5. The second-order valence-corrected chi connectivity index (χ2v) is 9.88. The highest BCUT2D eigenvalue weighted by molar-refractivity contribution is 7.92. The highest BCUT2D eigenvalue weighted by Crippen LogP contribution is 2.25. The number of carbonyl (C=O) groups excluding carboxylic acids is 2. The first kappa shape index (κ1) is 25.2. The van der Waals surface area contributed by atoms with Crippen molar-refractivity contribution >= 4 is 44.8 Å². The molecule has 2 N–H and O–H groups in total. The number of benzene rings is 3. The van der Waals surface area contributed by atoms with E-state index in [9.17, 15) is 22.4 Å². The van der Waals surface area contributed by atoms with Gasteiger partial charge in [0.25, 0.3) is 5.91 Å². The number of para-hydroxylation sites is 1. The lowest BCUT2D eigenvalue weighted by molar-refractivity contribution is -0.114. The molecule has 0 radical (unpaired) electrons. The van der Waals surface area contributed by atoms with Gasteiger partial charge in [0.2, 0.25) is 15.9 Å². The van der Waals surface area contributed by atoms with Crippen molar-refractivity contribution in [3.8, 4) is 0 Å². The quantitative estimate of drug-likeness (QED) is 0.477. The van der Waals surface area contributed by atoms with E-state index in [0.717, 1.165) is 28.3 Å². The van der Waals surface area contributed by atoms with Gasteiger partial charge in [-0.05, 0) is 42.8 Å². The molecule has 0 aromatic heterocycles. The third kappa shape index (κ3) is 6.33. The number of amides is 2. The van der Waals surface area contributed by atoms with Crippen LogP contribution in [0.4, 0.5) is 15.8 Å². The Morgan fingerprint density at radius 2 is 1.68 bits per heavy atom. The first-order valence-corrected chi connectivity index (χ1v) is 12.5. The standard InChI is InChI=1S/C24H23ClFN3O4S/c1-16(17-8-4-3-5-9-17)27-24(31)19-10-6-7-11-22(19)28-23(30)15-29(34(2,32)33)18-12-13-21(26)20(25)14-18/h3-14,16H,15H2,1-2H3,(H,27,31)(H,28,30)/t16-/m0/s1. The van der Waals surface area contributed by atoms with E-state index in [1.54, 1.807) is 24.3 Å². The zero-order valence-corrected chi connectivity index (χ0v) is 20.0. The first-order valence-electron chi connectivity index (χ1n) is 10.2. The van der Waals surface area contributed by atoms with E-state index >= 15 is 0 Å². The van der Waals surface area contributed by atoms with E-state index in [0.29, 0.717) is 0 Å². The lowest BCUT2D eigenvalue weighted by atomic mass is 10.1. The van der Waals surface area contributed by atoms with Crippen molar-refractivity contribution in [3.05, 3.63) is 94.8 Å². The van der Waals surface area contributed by atoms with Gasteiger partial charge in [-0.1, -0.05) is 54.1 Å². The Kier molecular flexibility index (Phi) is 7.90. The Morgan fingerprint density at radius 1 is 1.03 bits per heavy atom. The van der Waals surface area contributed by atoms with Crippen LogP contribution < -0.4 is 14.9 Å². The molecule has 0 aliphatic heterocycles. The Morgan fingerprint density at radius 3 is 2.32 bits per heavy atom. The molecular formula is C24H23ClFN3O4S. The summed E-state index contributed by atoms with van der Waals surface area (Å²) in [5.41, 5.74) is 1.39. The van der Waals surface area contributed by atoms with Crippen LogP contribution in [-0.2, 0) is 14.8 Å². The summed E-state index contributed by atoms with van der Waals surface area (Å²) in [5, 5.41) is 5.19. The van der Waals surface area contributed by atoms with Crippen LogP contribution in [0.5, 0.6) is 0 Å². The monoisotopic (exact) mass is 503 g/mol. The Labute approximate surface area is 202 Å². The fourth-order valence-corrected chi connectivity index (χ4v) is 4.27. The van der Waals surface area contributed by atoms with Gasteiger partial charge in [0.15, 0.2) is 0 Å². The minimum atomic E-state index is -3.90. The lowest BCUT2D eigenvalue weighted by Gasteiger charge is -2.22. The molecule has 3 rings (SSSR count). The molecule has 3 aromatic carbocycles. The van der Waals surface area contributed by atoms with Gasteiger partial charge >= 0.3 is 0 Å². The van der Waals surface area contributed by atoms with Crippen molar-refractivity contribution in [2.24, 2.45) is 0 Å². The van der Waals surface area contributed by atoms with E-state index in [1.165, 1.54) is 6.07 Å². The molecule has 0 aliphatic carbocycles. The molecule has 34 heavy (non-hydrogen) atoms. The van der Waals surface area contributed by atoms with Crippen LogP contribution in [0.1, 0.15) is 28.9 Å². The molecule has 0 fully saturated rings. The van der Waals surface area contributed by atoms with E-state index in [4.69, 9.17) is 11.6 Å². The molecule has 178 valence electrons. The summed E-state index contributed by atoms with van der Waals surface area (Å²) in [5.74, 6) is -1.81. The summed E-state index contributed by atoms with van der Waals surface area (Å²) in [7, 11) is -3.90. The Bertz CT molecular complexity index is 1300. The normalized spacial score (nSPS) is 12.0. The van der Waals surface area contributed by atoms with Crippen LogP contribution in [0.3, 0.4) is 0 Å². The molecule has 3 aromatic rings. The number of nitrogens with zero attached hydrogens (tertiary/aromatic N) is 1. The number of hydrogen-bond acceptors (Lipinski definition) is 4. The van der Waals surface area contributed by atoms with Crippen molar-refractivity contribution < 1.29 is 22.4 Å². The molecule has 7 nitrogen and oxygen atoms in total. The summed E-state index contributed by atoms with van der Waals surface area (Å²) in [6.45, 7) is 1.24. The Balaban J connectivity index is 1.78. The van der Waals surface area contributed by atoms with Crippen molar-refractivity contribution in [2.75, 3.05) is 22.4 Å². The molecule has 0 saturated carbocycles. The predicted molar refractivity (Wildman–Crippen MR) is 131 cm³/mol. The number of nitrogens with one attached hydrogen (secondary N) is 2. The molecule has 0 saturated heterocycles. The van der Waals surface area contributed by atoms with Gasteiger partial charge in [-0.25, -0.2) is 12.8 Å².